The van der Waals surface area contributed by atoms with Gasteiger partial charge in [0.1, 0.15) is 5.82 Å². The summed E-state index contributed by atoms with van der Waals surface area (Å²) in [6.07, 6.45) is 1.66. The Labute approximate surface area is 96.5 Å². The largest absolute Gasteiger partial charge is 0.319 e. The van der Waals surface area contributed by atoms with Crippen LogP contribution in [0.2, 0.25) is 0 Å². The maximum absolute atomic E-state index is 12.0. The van der Waals surface area contributed by atoms with Crippen molar-refractivity contribution in [1.82, 2.24) is 10.3 Å². The number of carbonyl (C=O) groups excluding carboxylic acids is 1. The summed E-state index contributed by atoms with van der Waals surface area (Å²) < 4.78 is 0. The summed E-state index contributed by atoms with van der Waals surface area (Å²) in [7, 11) is 1.85. The van der Waals surface area contributed by atoms with Crippen LogP contribution in [0.25, 0.3) is 0 Å². The molecular formula is C12H19N3O. The molecule has 1 unspecified atom stereocenters. The summed E-state index contributed by atoms with van der Waals surface area (Å²) in [5, 5.41) is 5.85. The van der Waals surface area contributed by atoms with Crippen LogP contribution in [0.3, 0.4) is 0 Å². The predicted molar refractivity (Wildman–Crippen MR) is 65.1 cm³/mol. The molecule has 1 aromatic rings. The molecule has 1 rings (SSSR count). The SMILES string of the molecule is CNCC(C(=O)Nc1ccccn1)C(C)C. The molecule has 0 bridgehead atoms. The first kappa shape index (κ1) is 12.6. The molecule has 0 aromatic carbocycles. The highest BCUT2D eigenvalue weighted by atomic mass is 16.2. The number of hydrogen-bond acceptors (Lipinski definition) is 3. The third-order valence-corrected chi connectivity index (χ3v) is 2.48. The fourth-order valence-corrected chi connectivity index (χ4v) is 1.51. The highest BCUT2D eigenvalue weighted by molar-refractivity contribution is 5.91. The van der Waals surface area contributed by atoms with Crippen molar-refractivity contribution in [1.29, 1.82) is 0 Å². The van der Waals surface area contributed by atoms with Crippen molar-refractivity contribution >= 4 is 11.7 Å². The first-order valence-corrected chi connectivity index (χ1v) is 5.51. The second-order valence-corrected chi connectivity index (χ2v) is 4.11. The summed E-state index contributed by atoms with van der Waals surface area (Å²) in [5.41, 5.74) is 0. The maximum atomic E-state index is 12.0. The lowest BCUT2D eigenvalue weighted by Crippen LogP contribution is -2.34. The molecule has 0 saturated heterocycles. The van der Waals surface area contributed by atoms with Crippen molar-refractivity contribution in [3.05, 3.63) is 24.4 Å². The van der Waals surface area contributed by atoms with Gasteiger partial charge in [-0.15, -0.1) is 0 Å². The molecule has 0 aliphatic carbocycles. The Kier molecular flexibility index (Phi) is 4.92. The molecule has 0 saturated carbocycles. The molecule has 0 radical (unpaired) electrons. The Morgan fingerprint density at radius 1 is 1.44 bits per heavy atom. The second-order valence-electron chi connectivity index (χ2n) is 4.11. The van der Waals surface area contributed by atoms with Gasteiger partial charge in [-0.3, -0.25) is 4.79 Å². The van der Waals surface area contributed by atoms with Gasteiger partial charge >= 0.3 is 0 Å². The van der Waals surface area contributed by atoms with Crippen LogP contribution >= 0.6 is 0 Å². The van der Waals surface area contributed by atoms with E-state index in [1.807, 2.05) is 33.0 Å². The number of carbonyl (C=O) groups is 1. The lowest BCUT2D eigenvalue weighted by molar-refractivity contribution is -0.121. The summed E-state index contributed by atoms with van der Waals surface area (Å²) in [6, 6.07) is 5.46. The molecule has 4 nitrogen and oxygen atoms in total. The molecule has 2 N–H and O–H groups in total. The van der Waals surface area contributed by atoms with E-state index in [0.717, 1.165) is 0 Å². The molecule has 4 heteroatoms. The van der Waals surface area contributed by atoms with Gasteiger partial charge in [-0.25, -0.2) is 4.98 Å². The van der Waals surface area contributed by atoms with Crippen molar-refractivity contribution in [2.45, 2.75) is 13.8 Å². The predicted octanol–water partition coefficient (Wildman–Crippen LogP) is 1.51. The van der Waals surface area contributed by atoms with Gasteiger partial charge in [-0.2, -0.15) is 0 Å². The van der Waals surface area contributed by atoms with Gasteiger partial charge < -0.3 is 10.6 Å². The number of amides is 1. The summed E-state index contributed by atoms with van der Waals surface area (Å²) >= 11 is 0. The minimum atomic E-state index is -0.0352. The van der Waals surface area contributed by atoms with Gasteiger partial charge in [0.15, 0.2) is 0 Å². The molecular weight excluding hydrogens is 202 g/mol. The maximum Gasteiger partial charge on any atom is 0.230 e. The van der Waals surface area contributed by atoms with Gasteiger partial charge in [0.25, 0.3) is 0 Å². The Bertz CT molecular complexity index is 324. The highest BCUT2D eigenvalue weighted by Gasteiger charge is 2.21. The summed E-state index contributed by atoms with van der Waals surface area (Å²) in [4.78, 5) is 16.0. The van der Waals surface area contributed by atoms with E-state index in [9.17, 15) is 4.79 Å². The number of nitrogens with one attached hydrogen (secondary N) is 2. The third kappa shape index (κ3) is 3.62. The standard InChI is InChI=1S/C12H19N3O/c1-9(2)10(8-13-3)12(16)15-11-6-4-5-7-14-11/h4-7,9-10,13H,8H2,1-3H3,(H,14,15,16). The Hall–Kier alpha value is -1.42. The van der Waals surface area contributed by atoms with Gasteiger partial charge in [0.2, 0.25) is 5.91 Å². The number of nitrogens with zero attached hydrogens (tertiary/aromatic N) is 1. The first-order chi connectivity index (χ1) is 7.65. The van der Waals surface area contributed by atoms with Gasteiger partial charge in [0.05, 0.1) is 5.92 Å². The van der Waals surface area contributed by atoms with Crippen LogP contribution < -0.4 is 10.6 Å². The zero-order chi connectivity index (χ0) is 12.0. The number of anilines is 1. The first-order valence-electron chi connectivity index (χ1n) is 5.51. The fourth-order valence-electron chi connectivity index (χ4n) is 1.51. The van der Waals surface area contributed by atoms with Crippen molar-refractivity contribution in [2.75, 3.05) is 18.9 Å². The minimum absolute atomic E-state index is 0.0167. The van der Waals surface area contributed by atoms with Crippen molar-refractivity contribution in [3.63, 3.8) is 0 Å². The molecule has 16 heavy (non-hydrogen) atoms. The van der Waals surface area contributed by atoms with Crippen molar-refractivity contribution in [2.24, 2.45) is 11.8 Å². The van der Waals surface area contributed by atoms with Gasteiger partial charge in [0, 0.05) is 12.7 Å². The summed E-state index contributed by atoms with van der Waals surface area (Å²) in [5.74, 6) is 0.889. The number of aromatic nitrogens is 1. The molecule has 0 aliphatic heterocycles. The van der Waals surface area contributed by atoms with E-state index >= 15 is 0 Å². The van der Waals surface area contributed by atoms with E-state index in [2.05, 4.69) is 15.6 Å². The number of rotatable bonds is 5. The van der Waals surface area contributed by atoms with E-state index in [0.29, 0.717) is 18.3 Å². The molecule has 88 valence electrons. The molecule has 0 aliphatic rings. The van der Waals surface area contributed by atoms with Crippen LogP contribution in [0.1, 0.15) is 13.8 Å². The van der Waals surface area contributed by atoms with E-state index in [4.69, 9.17) is 0 Å². The lowest BCUT2D eigenvalue weighted by Gasteiger charge is -2.19. The average Bonchev–Trinajstić information content (AvgIpc) is 2.26. The van der Waals surface area contributed by atoms with E-state index in [1.165, 1.54) is 0 Å². The second kappa shape index (κ2) is 6.23. The van der Waals surface area contributed by atoms with Gasteiger partial charge in [-0.05, 0) is 25.1 Å². The zero-order valence-electron chi connectivity index (χ0n) is 10.0. The number of hydrogen-bond donors (Lipinski definition) is 2. The quantitative estimate of drug-likeness (QED) is 0.792. The zero-order valence-corrected chi connectivity index (χ0v) is 10.0. The van der Waals surface area contributed by atoms with Crippen LogP contribution in [0.5, 0.6) is 0 Å². The Balaban J connectivity index is 2.62. The van der Waals surface area contributed by atoms with Crippen molar-refractivity contribution < 1.29 is 4.79 Å². The molecule has 1 amide bonds. The Morgan fingerprint density at radius 3 is 2.69 bits per heavy atom. The van der Waals surface area contributed by atoms with Crippen LogP contribution in [-0.4, -0.2) is 24.5 Å². The van der Waals surface area contributed by atoms with Crippen LogP contribution in [-0.2, 0) is 4.79 Å². The van der Waals surface area contributed by atoms with Crippen LogP contribution in [0.15, 0.2) is 24.4 Å². The Morgan fingerprint density at radius 2 is 2.19 bits per heavy atom. The topological polar surface area (TPSA) is 54.0 Å². The fraction of sp³-hybridized carbons (Fsp3) is 0.500. The smallest absolute Gasteiger partial charge is 0.230 e. The third-order valence-electron chi connectivity index (χ3n) is 2.48. The molecule has 1 aromatic heterocycles. The van der Waals surface area contributed by atoms with Crippen molar-refractivity contribution in [3.8, 4) is 0 Å². The minimum Gasteiger partial charge on any atom is -0.319 e. The van der Waals surface area contributed by atoms with Gasteiger partial charge in [-0.1, -0.05) is 19.9 Å². The molecule has 0 spiro atoms. The molecule has 1 atom stereocenters. The van der Waals surface area contributed by atoms with E-state index in [1.54, 1.807) is 12.3 Å². The summed E-state index contributed by atoms with van der Waals surface area (Å²) in [6.45, 7) is 4.76. The van der Waals surface area contributed by atoms with E-state index in [-0.39, 0.29) is 11.8 Å². The van der Waals surface area contributed by atoms with E-state index < -0.39 is 0 Å². The molecule has 0 fully saturated rings. The lowest BCUT2D eigenvalue weighted by atomic mass is 9.95. The average molecular weight is 221 g/mol. The van der Waals surface area contributed by atoms with Crippen LogP contribution in [0, 0.1) is 11.8 Å². The van der Waals surface area contributed by atoms with Crippen LogP contribution in [0.4, 0.5) is 5.82 Å². The normalized spacial score (nSPS) is 12.5. The molecule has 1 heterocycles. The number of pyridine rings is 1. The highest BCUT2D eigenvalue weighted by Crippen LogP contribution is 2.12. The monoisotopic (exact) mass is 221 g/mol.